The van der Waals surface area contributed by atoms with Crippen LogP contribution in [0.1, 0.15) is 18.3 Å². The summed E-state index contributed by atoms with van der Waals surface area (Å²) in [7, 11) is 0. The normalized spacial score (nSPS) is 11.5. The second kappa shape index (κ2) is 4.50. The Morgan fingerprint density at radius 3 is 2.75 bits per heavy atom. The minimum absolute atomic E-state index is 1.01. The molecular weight excluding hydrogens is 146 g/mol. The Bertz CT molecular complexity index is 298. The molecule has 0 aliphatic rings. The van der Waals surface area contributed by atoms with E-state index in [0.29, 0.717) is 0 Å². The van der Waals surface area contributed by atoms with Crippen LogP contribution < -0.4 is 0 Å². The molecule has 1 heterocycles. The van der Waals surface area contributed by atoms with Gasteiger partial charge in [0, 0.05) is 5.69 Å². The molecule has 0 spiro atoms. The highest BCUT2D eigenvalue weighted by Crippen LogP contribution is 2.00. The molecule has 0 aliphatic heterocycles. The third-order valence-corrected chi connectivity index (χ3v) is 1.48. The molecule has 0 radical (unpaired) electrons. The van der Waals surface area contributed by atoms with Crippen molar-refractivity contribution in [3.63, 3.8) is 0 Å². The van der Waals surface area contributed by atoms with Gasteiger partial charge in [0.15, 0.2) is 0 Å². The smallest absolute Gasteiger partial charge is 0.0632 e. The van der Waals surface area contributed by atoms with Gasteiger partial charge in [0.25, 0.3) is 0 Å². The number of nitrogens with zero attached hydrogens (tertiary/aromatic N) is 1. The molecule has 12 heavy (non-hydrogen) atoms. The van der Waals surface area contributed by atoms with Gasteiger partial charge in [0.2, 0.25) is 0 Å². The van der Waals surface area contributed by atoms with Crippen LogP contribution in [0.15, 0.2) is 36.4 Å². The highest BCUT2D eigenvalue weighted by Gasteiger charge is 1.86. The standard InChI is InChI=1S/C11H13N/c1-3-4-5-8-11-9-6-7-10(2)12-11/h3-9H,1-2H3. The molecule has 0 saturated carbocycles. The summed E-state index contributed by atoms with van der Waals surface area (Å²) in [6.45, 7) is 3.99. The molecular formula is C11H13N. The first-order valence-corrected chi connectivity index (χ1v) is 4.06. The lowest BCUT2D eigenvalue weighted by atomic mass is 10.3. The summed E-state index contributed by atoms with van der Waals surface area (Å²) in [6.07, 6.45) is 7.96. The molecule has 1 nitrogen and oxygen atoms in total. The molecule has 0 atom stereocenters. The fraction of sp³-hybridized carbons (Fsp3) is 0.182. The summed E-state index contributed by atoms with van der Waals surface area (Å²) in [5, 5.41) is 0. The van der Waals surface area contributed by atoms with Crippen molar-refractivity contribution in [2.75, 3.05) is 0 Å². The zero-order chi connectivity index (χ0) is 8.81. The highest BCUT2D eigenvalue weighted by molar-refractivity contribution is 5.46. The van der Waals surface area contributed by atoms with Crippen molar-refractivity contribution in [1.82, 2.24) is 4.98 Å². The third kappa shape index (κ3) is 2.70. The summed E-state index contributed by atoms with van der Waals surface area (Å²) in [5.74, 6) is 0. The second-order valence-electron chi connectivity index (χ2n) is 2.59. The van der Waals surface area contributed by atoms with Crippen molar-refractivity contribution < 1.29 is 0 Å². The van der Waals surface area contributed by atoms with Gasteiger partial charge in [0.1, 0.15) is 0 Å². The van der Waals surface area contributed by atoms with Crippen molar-refractivity contribution in [3.05, 3.63) is 47.8 Å². The summed E-state index contributed by atoms with van der Waals surface area (Å²) in [6, 6.07) is 6.00. The fourth-order valence-corrected chi connectivity index (χ4v) is 0.922. The average Bonchev–Trinajstić information content (AvgIpc) is 2.05. The number of hydrogen-bond acceptors (Lipinski definition) is 1. The first-order valence-electron chi connectivity index (χ1n) is 4.06. The van der Waals surface area contributed by atoms with Crippen molar-refractivity contribution >= 4 is 6.08 Å². The zero-order valence-corrected chi connectivity index (χ0v) is 7.49. The van der Waals surface area contributed by atoms with Crippen LogP contribution in [-0.4, -0.2) is 4.98 Å². The predicted molar refractivity (Wildman–Crippen MR) is 52.8 cm³/mol. The number of aryl methyl sites for hydroxylation is 1. The van der Waals surface area contributed by atoms with Crippen LogP contribution >= 0.6 is 0 Å². The van der Waals surface area contributed by atoms with E-state index in [0.717, 1.165) is 11.4 Å². The van der Waals surface area contributed by atoms with Crippen LogP contribution in [0, 0.1) is 6.92 Å². The van der Waals surface area contributed by atoms with Crippen LogP contribution in [-0.2, 0) is 0 Å². The summed E-state index contributed by atoms with van der Waals surface area (Å²) < 4.78 is 0. The van der Waals surface area contributed by atoms with Gasteiger partial charge in [-0.15, -0.1) is 0 Å². The van der Waals surface area contributed by atoms with E-state index in [1.807, 2.05) is 56.4 Å². The number of rotatable bonds is 2. The van der Waals surface area contributed by atoms with Crippen molar-refractivity contribution in [2.24, 2.45) is 0 Å². The molecule has 0 N–H and O–H groups in total. The van der Waals surface area contributed by atoms with Crippen molar-refractivity contribution in [1.29, 1.82) is 0 Å². The minimum atomic E-state index is 1.01. The van der Waals surface area contributed by atoms with Gasteiger partial charge < -0.3 is 0 Å². The molecule has 1 rings (SSSR count). The lowest BCUT2D eigenvalue weighted by Crippen LogP contribution is -1.82. The molecule has 0 saturated heterocycles. The van der Waals surface area contributed by atoms with Gasteiger partial charge >= 0.3 is 0 Å². The Labute approximate surface area is 73.5 Å². The largest absolute Gasteiger partial charge is 0.254 e. The molecule has 0 fully saturated rings. The monoisotopic (exact) mass is 159 g/mol. The maximum atomic E-state index is 4.32. The lowest BCUT2D eigenvalue weighted by Gasteiger charge is -1.92. The predicted octanol–water partition coefficient (Wildman–Crippen LogP) is 2.98. The molecule has 0 bridgehead atoms. The lowest BCUT2D eigenvalue weighted by molar-refractivity contribution is 1.18. The van der Waals surface area contributed by atoms with E-state index >= 15 is 0 Å². The van der Waals surface area contributed by atoms with Crippen LogP contribution in [0.4, 0.5) is 0 Å². The Balaban J connectivity index is 2.76. The topological polar surface area (TPSA) is 12.9 Å². The first-order chi connectivity index (χ1) is 5.83. The summed E-state index contributed by atoms with van der Waals surface area (Å²) in [5.41, 5.74) is 2.06. The van der Waals surface area contributed by atoms with Crippen molar-refractivity contribution in [3.8, 4) is 0 Å². The van der Waals surface area contributed by atoms with Gasteiger partial charge in [-0.3, -0.25) is 4.98 Å². The van der Waals surface area contributed by atoms with E-state index in [1.165, 1.54) is 0 Å². The van der Waals surface area contributed by atoms with Crippen molar-refractivity contribution in [2.45, 2.75) is 13.8 Å². The molecule has 0 unspecified atom stereocenters. The number of aromatic nitrogens is 1. The number of allylic oxidation sites excluding steroid dienone is 3. The van der Waals surface area contributed by atoms with E-state index in [-0.39, 0.29) is 0 Å². The Kier molecular flexibility index (Phi) is 3.27. The van der Waals surface area contributed by atoms with E-state index < -0.39 is 0 Å². The molecule has 1 aromatic heterocycles. The third-order valence-electron chi connectivity index (χ3n) is 1.48. The van der Waals surface area contributed by atoms with Gasteiger partial charge in [-0.1, -0.05) is 24.3 Å². The maximum Gasteiger partial charge on any atom is 0.0632 e. The van der Waals surface area contributed by atoms with Gasteiger partial charge in [-0.05, 0) is 32.1 Å². The summed E-state index contributed by atoms with van der Waals surface area (Å²) in [4.78, 5) is 4.32. The van der Waals surface area contributed by atoms with Crippen LogP contribution in [0.25, 0.3) is 6.08 Å². The highest BCUT2D eigenvalue weighted by atomic mass is 14.7. The van der Waals surface area contributed by atoms with Crippen LogP contribution in [0.3, 0.4) is 0 Å². The van der Waals surface area contributed by atoms with E-state index in [9.17, 15) is 0 Å². The molecule has 0 amide bonds. The molecule has 1 aromatic rings. The van der Waals surface area contributed by atoms with E-state index in [2.05, 4.69) is 4.98 Å². The fourth-order valence-electron chi connectivity index (χ4n) is 0.922. The van der Waals surface area contributed by atoms with E-state index in [4.69, 9.17) is 0 Å². The molecule has 0 aromatic carbocycles. The van der Waals surface area contributed by atoms with Crippen LogP contribution in [0.5, 0.6) is 0 Å². The van der Waals surface area contributed by atoms with Gasteiger partial charge in [-0.2, -0.15) is 0 Å². The first kappa shape index (κ1) is 8.72. The van der Waals surface area contributed by atoms with E-state index in [1.54, 1.807) is 0 Å². The van der Waals surface area contributed by atoms with Gasteiger partial charge in [0.05, 0.1) is 5.69 Å². The second-order valence-corrected chi connectivity index (χ2v) is 2.59. The quantitative estimate of drug-likeness (QED) is 0.604. The maximum absolute atomic E-state index is 4.32. The summed E-state index contributed by atoms with van der Waals surface area (Å²) >= 11 is 0. The minimum Gasteiger partial charge on any atom is -0.254 e. The molecule has 1 heteroatoms. The Morgan fingerprint density at radius 2 is 2.08 bits per heavy atom. The van der Waals surface area contributed by atoms with Gasteiger partial charge in [-0.25, -0.2) is 0 Å². The Hall–Kier alpha value is -1.37. The molecule has 62 valence electrons. The molecule has 0 aliphatic carbocycles. The van der Waals surface area contributed by atoms with Crippen LogP contribution in [0.2, 0.25) is 0 Å². The number of pyridine rings is 1. The SMILES string of the molecule is CC=CC=Cc1cccc(C)n1. The zero-order valence-electron chi connectivity index (χ0n) is 7.49. The number of hydrogen-bond donors (Lipinski definition) is 0. The Morgan fingerprint density at radius 1 is 1.25 bits per heavy atom. The average molecular weight is 159 g/mol.